The van der Waals surface area contributed by atoms with Crippen molar-refractivity contribution in [1.82, 2.24) is 0 Å². The van der Waals surface area contributed by atoms with Crippen molar-refractivity contribution in [1.29, 1.82) is 0 Å². The van der Waals surface area contributed by atoms with Crippen LogP contribution in [0, 0.1) is 0 Å². The Morgan fingerprint density at radius 1 is 1.05 bits per heavy atom. The number of rotatable bonds is 3. The number of carbonyl (C=O) groups is 1. The molecule has 0 saturated carbocycles. The van der Waals surface area contributed by atoms with Gasteiger partial charge in [-0.05, 0) is 36.4 Å². The summed E-state index contributed by atoms with van der Waals surface area (Å²) in [6.45, 7) is 0. The van der Waals surface area contributed by atoms with Crippen LogP contribution in [-0.2, 0) is 10.0 Å². The second kappa shape index (κ2) is 5.43. The predicted octanol–water partition coefficient (Wildman–Crippen LogP) is 0.998. The Kier molecular flexibility index (Phi) is 3.83. The molecule has 21 heavy (non-hydrogen) atoms. The minimum atomic E-state index is -3.80. The van der Waals surface area contributed by atoms with Gasteiger partial charge in [0.25, 0.3) is 5.91 Å². The number of anilines is 1. The van der Waals surface area contributed by atoms with E-state index < -0.39 is 27.4 Å². The monoisotopic (exact) mass is 308 g/mol. The van der Waals surface area contributed by atoms with Crippen molar-refractivity contribution in [3.8, 4) is 11.5 Å². The van der Waals surface area contributed by atoms with Gasteiger partial charge in [-0.3, -0.25) is 4.79 Å². The quantitative estimate of drug-likeness (QED) is 0.628. The van der Waals surface area contributed by atoms with Gasteiger partial charge in [0, 0.05) is 5.69 Å². The third-order valence-electron chi connectivity index (χ3n) is 2.70. The number of primary sulfonamides is 1. The second-order valence-corrected chi connectivity index (χ2v) is 5.76. The fourth-order valence-electron chi connectivity index (χ4n) is 1.64. The molecule has 2 aromatic rings. The van der Waals surface area contributed by atoms with E-state index in [0.717, 1.165) is 0 Å². The van der Waals surface area contributed by atoms with Crippen LogP contribution >= 0.6 is 0 Å². The third-order valence-corrected chi connectivity index (χ3v) is 3.63. The van der Waals surface area contributed by atoms with Gasteiger partial charge in [-0.15, -0.1) is 0 Å². The number of hydrogen-bond acceptors (Lipinski definition) is 5. The van der Waals surface area contributed by atoms with E-state index in [1.165, 1.54) is 42.5 Å². The molecule has 0 fully saturated rings. The summed E-state index contributed by atoms with van der Waals surface area (Å²) in [7, 11) is -3.80. The van der Waals surface area contributed by atoms with E-state index in [1.807, 2.05) is 0 Å². The molecule has 110 valence electrons. The van der Waals surface area contributed by atoms with Crippen molar-refractivity contribution in [2.75, 3.05) is 5.32 Å². The van der Waals surface area contributed by atoms with Gasteiger partial charge in [0.15, 0.2) is 11.5 Å². The summed E-state index contributed by atoms with van der Waals surface area (Å²) in [5, 5.41) is 26.3. The fraction of sp³-hybridized carbons (Fsp3) is 0. The Morgan fingerprint density at radius 3 is 2.24 bits per heavy atom. The van der Waals surface area contributed by atoms with E-state index >= 15 is 0 Å². The van der Waals surface area contributed by atoms with E-state index in [-0.39, 0.29) is 10.5 Å². The molecule has 0 radical (unpaired) electrons. The summed E-state index contributed by atoms with van der Waals surface area (Å²) < 4.78 is 22.2. The van der Waals surface area contributed by atoms with E-state index in [9.17, 15) is 23.4 Å². The Labute approximate surface area is 120 Å². The molecule has 0 atom stereocenters. The molecule has 0 spiro atoms. The number of phenols is 2. The van der Waals surface area contributed by atoms with Gasteiger partial charge in [0.2, 0.25) is 10.0 Å². The molecule has 0 aliphatic heterocycles. The van der Waals surface area contributed by atoms with Crippen LogP contribution in [0.2, 0.25) is 0 Å². The SMILES string of the molecule is NS(=O)(=O)c1ccc(NC(=O)c2cccc(O)c2O)cc1. The largest absolute Gasteiger partial charge is 0.504 e. The Bertz CT molecular complexity index is 785. The van der Waals surface area contributed by atoms with Gasteiger partial charge in [-0.25, -0.2) is 13.6 Å². The van der Waals surface area contributed by atoms with Gasteiger partial charge >= 0.3 is 0 Å². The maximum absolute atomic E-state index is 11.9. The van der Waals surface area contributed by atoms with Crippen LogP contribution in [0.3, 0.4) is 0 Å². The molecular formula is C13H12N2O5S. The van der Waals surface area contributed by atoms with E-state index in [2.05, 4.69) is 5.32 Å². The highest BCUT2D eigenvalue weighted by Crippen LogP contribution is 2.28. The first-order chi connectivity index (χ1) is 9.79. The van der Waals surface area contributed by atoms with Gasteiger partial charge in [0.05, 0.1) is 10.5 Å². The number of phenolic OH excluding ortho intramolecular Hbond substituents is 2. The van der Waals surface area contributed by atoms with Crippen molar-refractivity contribution in [3.05, 3.63) is 48.0 Å². The third kappa shape index (κ3) is 3.30. The van der Waals surface area contributed by atoms with Crippen LogP contribution in [0.5, 0.6) is 11.5 Å². The number of carbonyl (C=O) groups excluding carboxylic acids is 1. The predicted molar refractivity (Wildman–Crippen MR) is 75.5 cm³/mol. The molecule has 0 heterocycles. The number of benzene rings is 2. The molecule has 2 aromatic carbocycles. The average Bonchev–Trinajstić information content (AvgIpc) is 2.41. The Morgan fingerprint density at radius 2 is 1.67 bits per heavy atom. The summed E-state index contributed by atoms with van der Waals surface area (Å²) in [6, 6.07) is 9.19. The zero-order valence-corrected chi connectivity index (χ0v) is 11.5. The summed E-state index contributed by atoms with van der Waals surface area (Å²) in [5.74, 6) is -1.59. The zero-order valence-electron chi connectivity index (χ0n) is 10.6. The normalized spacial score (nSPS) is 11.1. The number of amides is 1. The highest BCUT2D eigenvalue weighted by molar-refractivity contribution is 7.89. The van der Waals surface area contributed by atoms with Crippen molar-refractivity contribution in [3.63, 3.8) is 0 Å². The van der Waals surface area contributed by atoms with E-state index in [4.69, 9.17) is 5.14 Å². The maximum atomic E-state index is 11.9. The van der Waals surface area contributed by atoms with Crippen LogP contribution in [0.25, 0.3) is 0 Å². The Balaban J connectivity index is 2.22. The smallest absolute Gasteiger partial charge is 0.259 e. The van der Waals surface area contributed by atoms with Crippen molar-refractivity contribution in [2.45, 2.75) is 4.90 Å². The van der Waals surface area contributed by atoms with Gasteiger partial charge < -0.3 is 15.5 Å². The van der Waals surface area contributed by atoms with Crippen LogP contribution in [-0.4, -0.2) is 24.5 Å². The van der Waals surface area contributed by atoms with Gasteiger partial charge in [0.1, 0.15) is 0 Å². The van der Waals surface area contributed by atoms with Crippen LogP contribution < -0.4 is 10.5 Å². The summed E-state index contributed by atoms with van der Waals surface area (Å²) in [5.41, 5.74) is 0.209. The lowest BCUT2D eigenvalue weighted by atomic mass is 10.1. The molecule has 2 rings (SSSR count). The fourth-order valence-corrected chi connectivity index (χ4v) is 2.16. The molecule has 0 bridgehead atoms. The van der Waals surface area contributed by atoms with Crippen LogP contribution in [0.4, 0.5) is 5.69 Å². The Hall–Kier alpha value is -2.58. The number of hydrogen-bond donors (Lipinski definition) is 4. The topological polar surface area (TPSA) is 130 Å². The minimum absolute atomic E-state index is 0.0827. The van der Waals surface area contributed by atoms with Gasteiger partial charge in [-0.2, -0.15) is 0 Å². The van der Waals surface area contributed by atoms with Crippen LogP contribution in [0.15, 0.2) is 47.4 Å². The highest BCUT2D eigenvalue weighted by Gasteiger charge is 2.14. The number of sulfonamides is 1. The number of aromatic hydroxyl groups is 2. The molecule has 0 saturated heterocycles. The number of nitrogens with one attached hydrogen (secondary N) is 1. The first-order valence-electron chi connectivity index (χ1n) is 5.74. The molecule has 8 heteroatoms. The summed E-state index contributed by atoms with van der Waals surface area (Å²) >= 11 is 0. The molecule has 7 nitrogen and oxygen atoms in total. The molecular weight excluding hydrogens is 296 g/mol. The van der Waals surface area contributed by atoms with Crippen LogP contribution in [0.1, 0.15) is 10.4 Å². The molecule has 0 aromatic heterocycles. The number of para-hydroxylation sites is 1. The molecule has 1 amide bonds. The second-order valence-electron chi connectivity index (χ2n) is 4.20. The van der Waals surface area contributed by atoms with Crippen molar-refractivity contribution >= 4 is 21.6 Å². The van der Waals surface area contributed by atoms with Gasteiger partial charge in [-0.1, -0.05) is 6.07 Å². The maximum Gasteiger partial charge on any atom is 0.259 e. The molecule has 5 N–H and O–H groups in total. The summed E-state index contributed by atoms with van der Waals surface area (Å²) in [6.07, 6.45) is 0. The molecule has 0 unspecified atom stereocenters. The standard InChI is InChI=1S/C13H12N2O5S/c14-21(19,20)9-6-4-8(5-7-9)15-13(18)10-2-1-3-11(16)12(10)17/h1-7,16-17H,(H,15,18)(H2,14,19,20). The first-order valence-corrected chi connectivity index (χ1v) is 7.29. The van der Waals surface area contributed by atoms with E-state index in [1.54, 1.807) is 0 Å². The lowest BCUT2D eigenvalue weighted by molar-refractivity contribution is 0.102. The highest BCUT2D eigenvalue weighted by atomic mass is 32.2. The molecule has 0 aliphatic rings. The minimum Gasteiger partial charge on any atom is -0.504 e. The molecule has 0 aliphatic carbocycles. The van der Waals surface area contributed by atoms with Crippen molar-refractivity contribution in [2.24, 2.45) is 5.14 Å². The summed E-state index contributed by atoms with van der Waals surface area (Å²) in [4.78, 5) is 11.9. The first kappa shape index (κ1) is 14.8. The zero-order chi connectivity index (χ0) is 15.6. The lowest BCUT2D eigenvalue weighted by Crippen LogP contribution is -2.14. The van der Waals surface area contributed by atoms with E-state index in [0.29, 0.717) is 5.69 Å². The number of nitrogens with two attached hydrogens (primary N) is 1. The average molecular weight is 308 g/mol. The van der Waals surface area contributed by atoms with Crippen molar-refractivity contribution < 1.29 is 23.4 Å². The lowest BCUT2D eigenvalue weighted by Gasteiger charge is -2.08.